The Bertz CT molecular complexity index is 619. The van der Waals surface area contributed by atoms with Crippen LogP contribution in [0.1, 0.15) is 31.7 Å². The predicted octanol–water partition coefficient (Wildman–Crippen LogP) is 2.65. The van der Waals surface area contributed by atoms with Crippen LogP contribution in [0, 0.1) is 0 Å². The summed E-state index contributed by atoms with van der Waals surface area (Å²) in [6.07, 6.45) is 3.12. The van der Waals surface area contributed by atoms with E-state index in [1.54, 1.807) is 6.92 Å². The number of carbonyl (C=O) groups is 1. The van der Waals surface area contributed by atoms with Crippen molar-refractivity contribution < 1.29 is 9.53 Å². The first kappa shape index (κ1) is 16.2. The minimum absolute atomic E-state index is 0.158. The molecule has 1 aromatic carbocycles. The molecule has 5 nitrogen and oxygen atoms in total. The molecule has 6 heteroatoms. The highest BCUT2D eigenvalue weighted by Gasteiger charge is 2.17. The summed E-state index contributed by atoms with van der Waals surface area (Å²) in [5, 5.41) is 12.6. The molecule has 1 saturated heterocycles. The first-order valence-corrected chi connectivity index (χ1v) is 8.93. The molecule has 0 amide bonds. The highest BCUT2D eigenvalue weighted by molar-refractivity contribution is 8.14. The van der Waals surface area contributed by atoms with Crippen molar-refractivity contribution in [2.45, 2.75) is 32.3 Å². The van der Waals surface area contributed by atoms with Crippen molar-refractivity contribution in [1.29, 1.82) is 0 Å². The van der Waals surface area contributed by atoms with Crippen LogP contribution in [0.5, 0.6) is 5.75 Å². The molecule has 23 heavy (non-hydrogen) atoms. The fourth-order valence-corrected chi connectivity index (χ4v) is 3.29. The van der Waals surface area contributed by atoms with Crippen molar-refractivity contribution in [3.05, 3.63) is 29.8 Å². The zero-order valence-corrected chi connectivity index (χ0v) is 14.1. The van der Waals surface area contributed by atoms with Crippen LogP contribution in [-0.4, -0.2) is 41.5 Å². The van der Waals surface area contributed by atoms with Gasteiger partial charge in [0, 0.05) is 6.42 Å². The van der Waals surface area contributed by atoms with Gasteiger partial charge in [0.15, 0.2) is 0 Å². The molecule has 3 rings (SSSR count). The molecule has 2 aliphatic rings. The number of carbonyl (C=O) groups excluding carboxylic acids is 1. The van der Waals surface area contributed by atoms with Crippen molar-refractivity contribution in [2.75, 3.05) is 18.8 Å². The number of nitrogens with one attached hydrogen (secondary N) is 1. The summed E-state index contributed by atoms with van der Waals surface area (Å²) in [5.74, 6) is 1.53. The highest BCUT2D eigenvalue weighted by atomic mass is 32.2. The third-order valence-electron chi connectivity index (χ3n) is 3.82. The Balaban J connectivity index is 1.53. The molecule has 0 spiro atoms. The van der Waals surface area contributed by atoms with Gasteiger partial charge in [-0.2, -0.15) is 5.10 Å². The topological polar surface area (TPSA) is 63.0 Å². The van der Waals surface area contributed by atoms with E-state index in [1.165, 1.54) is 11.8 Å². The van der Waals surface area contributed by atoms with E-state index in [2.05, 4.69) is 15.5 Å². The van der Waals surface area contributed by atoms with Crippen LogP contribution in [0.15, 0.2) is 34.5 Å². The average Bonchev–Trinajstić information content (AvgIpc) is 3.04. The minimum Gasteiger partial charge on any atom is -0.490 e. The number of ketones is 1. The van der Waals surface area contributed by atoms with Crippen molar-refractivity contribution in [1.82, 2.24) is 5.32 Å². The number of piperidine rings is 1. The largest absolute Gasteiger partial charge is 0.490 e. The zero-order chi connectivity index (χ0) is 16.1. The Kier molecular flexibility index (Phi) is 5.46. The Morgan fingerprint density at radius 2 is 2.00 bits per heavy atom. The smallest absolute Gasteiger partial charge is 0.140 e. The highest BCUT2D eigenvalue weighted by Crippen LogP contribution is 2.22. The van der Waals surface area contributed by atoms with Gasteiger partial charge in [-0.25, -0.2) is 0 Å². The van der Waals surface area contributed by atoms with Gasteiger partial charge < -0.3 is 10.1 Å². The van der Waals surface area contributed by atoms with Crippen LogP contribution in [0.3, 0.4) is 0 Å². The molecular formula is C17H21N3O2S. The van der Waals surface area contributed by atoms with Crippen LogP contribution in [0.4, 0.5) is 0 Å². The SMILES string of the molecule is CC(=O)CSC1=NN=C(c2ccc(OC3CCNCC3)cc2)C1. The van der Waals surface area contributed by atoms with Gasteiger partial charge >= 0.3 is 0 Å². The Morgan fingerprint density at radius 3 is 2.70 bits per heavy atom. The molecule has 1 N–H and O–H groups in total. The molecule has 122 valence electrons. The van der Waals surface area contributed by atoms with Gasteiger partial charge in [0.25, 0.3) is 0 Å². The maximum absolute atomic E-state index is 11.0. The Labute approximate surface area is 140 Å². The number of nitrogens with zero attached hydrogens (tertiary/aromatic N) is 2. The molecule has 0 aromatic heterocycles. The fourth-order valence-electron chi connectivity index (χ4n) is 2.59. The third kappa shape index (κ3) is 4.65. The van der Waals surface area contributed by atoms with Gasteiger partial charge in [-0.3, -0.25) is 4.79 Å². The lowest BCUT2D eigenvalue weighted by Gasteiger charge is -2.23. The molecule has 0 unspecified atom stereocenters. The average molecular weight is 331 g/mol. The third-order valence-corrected chi connectivity index (χ3v) is 4.93. The summed E-state index contributed by atoms with van der Waals surface area (Å²) in [6.45, 7) is 3.64. The monoisotopic (exact) mass is 331 g/mol. The van der Waals surface area contributed by atoms with Gasteiger partial charge in [-0.15, -0.1) is 16.9 Å². The quantitative estimate of drug-likeness (QED) is 0.901. The Morgan fingerprint density at radius 1 is 1.26 bits per heavy atom. The number of benzene rings is 1. The molecule has 0 radical (unpaired) electrons. The Hall–Kier alpha value is -1.66. The summed E-state index contributed by atoms with van der Waals surface area (Å²) in [7, 11) is 0. The summed E-state index contributed by atoms with van der Waals surface area (Å²) < 4.78 is 6.01. The second kappa shape index (κ2) is 7.75. The van der Waals surface area contributed by atoms with E-state index < -0.39 is 0 Å². The molecule has 1 fully saturated rings. The number of Topliss-reactive ketones (excluding diaryl/α,β-unsaturated/α-hetero) is 1. The maximum atomic E-state index is 11.0. The number of hydrogen-bond donors (Lipinski definition) is 1. The van der Waals surface area contributed by atoms with Crippen LogP contribution in [0.2, 0.25) is 0 Å². The first-order valence-electron chi connectivity index (χ1n) is 7.94. The summed E-state index contributed by atoms with van der Waals surface area (Å²) in [4.78, 5) is 11.0. The molecule has 0 bridgehead atoms. The van der Waals surface area contributed by atoms with Crippen LogP contribution in [0.25, 0.3) is 0 Å². The van der Waals surface area contributed by atoms with E-state index in [1.807, 2.05) is 24.3 Å². The lowest BCUT2D eigenvalue weighted by molar-refractivity contribution is -0.114. The van der Waals surface area contributed by atoms with Gasteiger partial charge in [-0.05, 0) is 62.7 Å². The molecule has 1 aromatic rings. The van der Waals surface area contributed by atoms with Crippen molar-refractivity contribution in [3.8, 4) is 5.75 Å². The van der Waals surface area contributed by atoms with Crippen molar-refractivity contribution in [3.63, 3.8) is 0 Å². The molecule has 0 aliphatic carbocycles. The lowest BCUT2D eigenvalue weighted by atomic mass is 10.1. The molecule has 0 atom stereocenters. The molecule has 0 saturated carbocycles. The number of hydrogen-bond acceptors (Lipinski definition) is 6. The van der Waals surface area contributed by atoms with Crippen LogP contribution >= 0.6 is 11.8 Å². The zero-order valence-electron chi connectivity index (χ0n) is 13.2. The van der Waals surface area contributed by atoms with Gasteiger partial charge in [-0.1, -0.05) is 0 Å². The van der Waals surface area contributed by atoms with Gasteiger partial charge in [0.05, 0.1) is 11.5 Å². The van der Waals surface area contributed by atoms with Gasteiger partial charge in [0.2, 0.25) is 0 Å². The van der Waals surface area contributed by atoms with E-state index in [0.717, 1.165) is 48.0 Å². The van der Waals surface area contributed by atoms with Gasteiger partial charge in [0.1, 0.15) is 22.7 Å². The summed E-state index contributed by atoms with van der Waals surface area (Å²) in [5.41, 5.74) is 2.01. The van der Waals surface area contributed by atoms with Crippen LogP contribution < -0.4 is 10.1 Å². The molecule has 2 aliphatic heterocycles. The standard InChI is InChI=1S/C17H21N3O2S/c1-12(21)11-23-17-10-16(19-20-17)13-2-4-14(5-3-13)22-15-6-8-18-9-7-15/h2-5,15,18H,6-11H2,1H3. The van der Waals surface area contributed by atoms with E-state index in [9.17, 15) is 4.79 Å². The second-order valence-corrected chi connectivity index (χ2v) is 6.85. The minimum atomic E-state index is 0.158. The number of ether oxygens (including phenoxy) is 1. The van der Waals surface area contributed by atoms with E-state index in [4.69, 9.17) is 4.74 Å². The summed E-state index contributed by atoms with van der Waals surface area (Å²) in [6, 6.07) is 8.06. The first-order chi connectivity index (χ1) is 11.2. The summed E-state index contributed by atoms with van der Waals surface area (Å²) >= 11 is 1.47. The van der Waals surface area contributed by atoms with E-state index in [0.29, 0.717) is 18.3 Å². The molecular weight excluding hydrogens is 310 g/mol. The maximum Gasteiger partial charge on any atom is 0.140 e. The van der Waals surface area contributed by atoms with Crippen molar-refractivity contribution >= 4 is 28.3 Å². The number of thioether (sulfide) groups is 1. The predicted molar refractivity (Wildman–Crippen MR) is 94.7 cm³/mol. The fraction of sp³-hybridized carbons (Fsp3) is 0.471. The normalized spacial score (nSPS) is 18.5. The lowest BCUT2D eigenvalue weighted by Crippen LogP contribution is -2.34. The van der Waals surface area contributed by atoms with E-state index >= 15 is 0 Å². The van der Waals surface area contributed by atoms with E-state index in [-0.39, 0.29) is 5.78 Å². The number of rotatable bonds is 5. The van der Waals surface area contributed by atoms with Crippen molar-refractivity contribution in [2.24, 2.45) is 10.2 Å². The van der Waals surface area contributed by atoms with Crippen LogP contribution in [-0.2, 0) is 4.79 Å². The molecule has 2 heterocycles. The second-order valence-electron chi connectivity index (χ2n) is 5.80.